The average molecular weight is 281 g/mol. The molecule has 0 fully saturated rings. The van der Waals surface area contributed by atoms with Crippen molar-refractivity contribution in [1.29, 1.82) is 0 Å². The van der Waals surface area contributed by atoms with E-state index < -0.39 is 0 Å². The van der Waals surface area contributed by atoms with Crippen LogP contribution in [0.3, 0.4) is 0 Å². The molecule has 3 aromatic rings. The molecule has 0 radical (unpaired) electrons. The third kappa shape index (κ3) is 2.58. The van der Waals surface area contributed by atoms with Gasteiger partial charge in [0.25, 0.3) is 0 Å². The van der Waals surface area contributed by atoms with Gasteiger partial charge < -0.3 is 9.47 Å². The normalized spacial score (nSPS) is 10.4. The average Bonchev–Trinajstić information content (AvgIpc) is 3.05. The summed E-state index contributed by atoms with van der Waals surface area (Å²) < 4.78 is 12.4. The highest BCUT2D eigenvalue weighted by molar-refractivity contribution is 5.69. The Kier molecular flexibility index (Phi) is 3.55. The maximum Gasteiger partial charge on any atom is 0.153 e. The van der Waals surface area contributed by atoms with Crippen LogP contribution in [0.1, 0.15) is 0 Å². The van der Waals surface area contributed by atoms with Crippen LogP contribution < -0.4 is 9.47 Å². The van der Waals surface area contributed by atoms with Crippen LogP contribution >= 0.6 is 0 Å². The summed E-state index contributed by atoms with van der Waals surface area (Å²) >= 11 is 0. The number of aromatic nitrogens is 3. The monoisotopic (exact) mass is 281 g/mol. The molecule has 0 amide bonds. The van der Waals surface area contributed by atoms with Crippen molar-refractivity contribution in [1.82, 2.24) is 14.8 Å². The van der Waals surface area contributed by atoms with Gasteiger partial charge >= 0.3 is 0 Å². The minimum absolute atomic E-state index is 0.752. The zero-order valence-electron chi connectivity index (χ0n) is 11.9. The quantitative estimate of drug-likeness (QED) is 0.737. The molecular weight excluding hydrogens is 266 g/mol. The van der Waals surface area contributed by atoms with Crippen molar-refractivity contribution in [3.05, 3.63) is 54.9 Å². The van der Waals surface area contributed by atoms with E-state index in [4.69, 9.17) is 9.47 Å². The highest BCUT2D eigenvalue weighted by atomic mass is 16.5. The third-order valence-electron chi connectivity index (χ3n) is 3.16. The van der Waals surface area contributed by atoms with Gasteiger partial charge in [-0.25, -0.2) is 9.67 Å². The zero-order valence-corrected chi connectivity index (χ0v) is 11.9. The third-order valence-corrected chi connectivity index (χ3v) is 3.16. The molecule has 3 rings (SSSR count). The van der Waals surface area contributed by atoms with Gasteiger partial charge in [-0.1, -0.05) is 6.07 Å². The number of pyridine rings is 1. The van der Waals surface area contributed by atoms with E-state index in [2.05, 4.69) is 10.1 Å². The molecule has 0 aliphatic heterocycles. The van der Waals surface area contributed by atoms with Gasteiger partial charge in [-0.15, -0.1) is 0 Å². The first kappa shape index (κ1) is 13.2. The van der Waals surface area contributed by atoms with Gasteiger partial charge in [0, 0.05) is 18.0 Å². The molecule has 5 nitrogen and oxygen atoms in total. The molecule has 21 heavy (non-hydrogen) atoms. The Balaban J connectivity index is 2.04. The topological polar surface area (TPSA) is 49.2 Å². The maximum absolute atomic E-state index is 5.39. The van der Waals surface area contributed by atoms with E-state index in [0.29, 0.717) is 0 Å². The second-order valence-corrected chi connectivity index (χ2v) is 4.40. The number of rotatable bonds is 4. The fourth-order valence-corrected chi connectivity index (χ4v) is 2.10. The smallest absolute Gasteiger partial charge is 0.153 e. The Morgan fingerprint density at radius 3 is 2.62 bits per heavy atom. The molecule has 1 aromatic carbocycles. The molecule has 0 bridgehead atoms. The van der Waals surface area contributed by atoms with Crippen molar-refractivity contribution >= 4 is 0 Å². The van der Waals surface area contributed by atoms with Gasteiger partial charge in [-0.3, -0.25) is 0 Å². The number of benzene rings is 1. The van der Waals surface area contributed by atoms with Crippen LogP contribution in [0.4, 0.5) is 0 Å². The fraction of sp³-hybridized carbons (Fsp3) is 0.125. The molecule has 5 heteroatoms. The highest BCUT2D eigenvalue weighted by Crippen LogP contribution is 2.32. The Morgan fingerprint density at radius 1 is 1.00 bits per heavy atom. The van der Waals surface area contributed by atoms with Crippen LogP contribution in [-0.2, 0) is 0 Å². The van der Waals surface area contributed by atoms with Crippen molar-refractivity contribution < 1.29 is 9.47 Å². The minimum Gasteiger partial charge on any atom is -0.497 e. The summed E-state index contributed by atoms with van der Waals surface area (Å²) in [7, 11) is 3.28. The molecule has 0 aliphatic rings. The van der Waals surface area contributed by atoms with E-state index in [9.17, 15) is 0 Å². The lowest BCUT2D eigenvalue weighted by Gasteiger charge is -2.08. The number of ether oxygens (including phenoxy) is 2. The van der Waals surface area contributed by atoms with Gasteiger partial charge in [-0.2, -0.15) is 5.10 Å². The molecular formula is C16H15N3O2. The Bertz CT molecular complexity index is 738. The van der Waals surface area contributed by atoms with Crippen molar-refractivity contribution in [2.75, 3.05) is 14.2 Å². The SMILES string of the molecule is COc1ccc(OC)c(-c2ccn(-c3ccccn3)n2)c1. The molecule has 2 heterocycles. The minimum atomic E-state index is 0.752. The summed E-state index contributed by atoms with van der Waals surface area (Å²) in [4.78, 5) is 4.28. The van der Waals surface area contributed by atoms with E-state index in [1.54, 1.807) is 25.1 Å². The fourth-order valence-electron chi connectivity index (χ4n) is 2.10. The number of methoxy groups -OCH3 is 2. The lowest BCUT2D eigenvalue weighted by Crippen LogP contribution is -1.97. The lowest BCUT2D eigenvalue weighted by atomic mass is 10.1. The van der Waals surface area contributed by atoms with Crippen molar-refractivity contribution in [2.45, 2.75) is 0 Å². The van der Waals surface area contributed by atoms with Crippen molar-refractivity contribution in [3.63, 3.8) is 0 Å². The summed E-state index contributed by atoms with van der Waals surface area (Å²) in [6.45, 7) is 0. The first-order chi connectivity index (χ1) is 10.3. The van der Waals surface area contributed by atoms with E-state index in [-0.39, 0.29) is 0 Å². The number of hydrogen-bond acceptors (Lipinski definition) is 4. The van der Waals surface area contributed by atoms with E-state index in [0.717, 1.165) is 28.6 Å². The van der Waals surface area contributed by atoms with Crippen LogP contribution in [-0.4, -0.2) is 29.0 Å². The van der Waals surface area contributed by atoms with E-state index in [1.165, 1.54) is 0 Å². The first-order valence-electron chi connectivity index (χ1n) is 6.51. The second kappa shape index (κ2) is 5.66. The van der Waals surface area contributed by atoms with Crippen LogP contribution in [0.2, 0.25) is 0 Å². The Morgan fingerprint density at radius 2 is 1.90 bits per heavy atom. The molecule has 0 atom stereocenters. The van der Waals surface area contributed by atoms with Gasteiger partial charge in [-0.05, 0) is 36.4 Å². The summed E-state index contributed by atoms with van der Waals surface area (Å²) in [6, 6.07) is 13.3. The molecule has 2 aromatic heterocycles. The zero-order chi connectivity index (χ0) is 14.7. The predicted molar refractivity (Wildman–Crippen MR) is 79.9 cm³/mol. The highest BCUT2D eigenvalue weighted by Gasteiger charge is 2.11. The molecule has 0 N–H and O–H groups in total. The Hall–Kier alpha value is -2.82. The predicted octanol–water partition coefficient (Wildman–Crippen LogP) is 2.95. The molecule has 0 saturated carbocycles. The molecule has 0 unspecified atom stereocenters. The Labute approximate surface area is 122 Å². The van der Waals surface area contributed by atoms with Crippen LogP contribution in [0, 0.1) is 0 Å². The van der Waals surface area contributed by atoms with Gasteiger partial charge in [0.2, 0.25) is 0 Å². The van der Waals surface area contributed by atoms with Crippen molar-refractivity contribution in [2.24, 2.45) is 0 Å². The number of nitrogens with zero attached hydrogens (tertiary/aromatic N) is 3. The largest absolute Gasteiger partial charge is 0.497 e. The van der Waals surface area contributed by atoms with Gasteiger partial charge in [0.05, 0.1) is 19.9 Å². The summed E-state index contributed by atoms with van der Waals surface area (Å²) in [5.41, 5.74) is 1.68. The molecule has 0 spiro atoms. The standard InChI is InChI=1S/C16H15N3O2/c1-20-12-6-7-15(21-2)13(11-12)14-8-10-19(18-14)16-5-3-4-9-17-16/h3-11H,1-2H3. The van der Waals surface area contributed by atoms with Crippen molar-refractivity contribution in [3.8, 4) is 28.6 Å². The molecule has 0 aliphatic carbocycles. The summed E-state index contributed by atoms with van der Waals surface area (Å²) in [6.07, 6.45) is 3.61. The summed E-state index contributed by atoms with van der Waals surface area (Å²) in [5.74, 6) is 2.28. The van der Waals surface area contributed by atoms with Crippen LogP contribution in [0.5, 0.6) is 11.5 Å². The summed E-state index contributed by atoms with van der Waals surface area (Å²) in [5, 5.41) is 4.55. The molecule has 0 saturated heterocycles. The second-order valence-electron chi connectivity index (χ2n) is 4.40. The van der Waals surface area contributed by atoms with Gasteiger partial charge in [0.15, 0.2) is 5.82 Å². The van der Waals surface area contributed by atoms with E-state index in [1.807, 2.05) is 48.7 Å². The molecule has 106 valence electrons. The lowest BCUT2D eigenvalue weighted by molar-refractivity contribution is 0.404. The van der Waals surface area contributed by atoms with Crippen LogP contribution in [0.15, 0.2) is 54.9 Å². The van der Waals surface area contributed by atoms with Crippen LogP contribution in [0.25, 0.3) is 17.1 Å². The van der Waals surface area contributed by atoms with Gasteiger partial charge in [0.1, 0.15) is 11.5 Å². The van der Waals surface area contributed by atoms with E-state index >= 15 is 0 Å². The number of hydrogen-bond donors (Lipinski definition) is 0. The first-order valence-corrected chi connectivity index (χ1v) is 6.51. The maximum atomic E-state index is 5.39.